The van der Waals surface area contributed by atoms with Crippen LogP contribution in [0.2, 0.25) is 0 Å². The van der Waals surface area contributed by atoms with Crippen LogP contribution < -0.4 is 15.4 Å². The maximum absolute atomic E-state index is 6.57. The third kappa shape index (κ3) is 7.99. The first-order chi connectivity index (χ1) is 30.7. The van der Waals surface area contributed by atoms with E-state index in [0.717, 1.165) is 78.8 Å². The van der Waals surface area contributed by atoms with Crippen LogP contribution >= 0.6 is 0 Å². The van der Waals surface area contributed by atoms with Gasteiger partial charge in [-0.25, -0.2) is 0 Å². The topological polar surface area (TPSA) is 47.8 Å². The molecule has 2 heterocycles. The zero-order chi connectivity index (χ0) is 41.5. The van der Waals surface area contributed by atoms with Crippen LogP contribution in [-0.2, 0) is 0 Å². The number of hydrogen-bond acceptors (Lipinski definition) is 4. The molecule has 0 spiro atoms. The molecule has 0 radical (unpaired) electrons. The van der Waals surface area contributed by atoms with Crippen LogP contribution in [0.1, 0.15) is 0 Å². The van der Waals surface area contributed by atoms with Crippen LogP contribution in [0.15, 0.2) is 258 Å². The Morgan fingerprint density at radius 3 is 1.13 bits per heavy atom. The molecule has 10 aromatic rings. The number of nitrogens with zero attached hydrogens (tertiary/aromatic N) is 3. The van der Waals surface area contributed by atoms with E-state index in [1.165, 1.54) is 0 Å². The quantitative estimate of drug-likeness (QED) is 0.142. The molecule has 296 valence electrons. The van der Waals surface area contributed by atoms with Crippen LogP contribution in [0.3, 0.4) is 0 Å². The molecule has 0 saturated carbocycles. The van der Waals surface area contributed by atoms with E-state index in [4.69, 9.17) is 9.41 Å². The fourth-order valence-electron chi connectivity index (χ4n) is 7.92. The maximum Gasteiger partial charge on any atom is 0.228 e. The Hall–Kier alpha value is -8.41. The van der Waals surface area contributed by atoms with Gasteiger partial charge in [-0.3, -0.25) is 0 Å². The van der Waals surface area contributed by atoms with Gasteiger partial charge in [0.15, 0.2) is 0 Å². The van der Waals surface area contributed by atoms with Crippen LogP contribution in [-0.4, -0.2) is 4.98 Å². The standard InChI is InChI=1S/C57H42N4O/c1-7-19-42(20-8-1)46-39-54(44-33-37-52(38-34-44)61(49-27-15-5-16-28-49)50-29-17-6-18-30-50)57(62-41-46)59-56-53(40-55(58-56)45-21-9-2-10-22-45)43-31-35-51(36-32-43)60(47-23-11-3-12-24-47)48-25-13-4-14-26-48/h1-41,58H/b59-57-. The summed E-state index contributed by atoms with van der Waals surface area (Å²) in [5.74, 6) is 0.702. The Morgan fingerprint density at radius 2 is 0.694 bits per heavy atom. The Balaban J connectivity index is 1.10. The van der Waals surface area contributed by atoms with Crippen molar-refractivity contribution in [2.45, 2.75) is 0 Å². The van der Waals surface area contributed by atoms with Crippen molar-refractivity contribution in [1.82, 2.24) is 4.98 Å². The van der Waals surface area contributed by atoms with Gasteiger partial charge >= 0.3 is 0 Å². The van der Waals surface area contributed by atoms with E-state index in [1.54, 1.807) is 6.26 Å². The molecule has 62 heavy (non-hydrogen) atoms. The summed E-state index contributed by atoms with van der Waals surface area (Å²) in [4.78, 5) is 13.5. The molecule has 0 bridgehead atoms. The van der Waals surface area contributed by atoms with Crippen molar-refractivity contribution >= 4 is 39.9 Å². The van der Waals surface area contributed by atoms with E-state index in [2.05, 4.69) is 209 Å². The van der Waals surface area contributed by atoms with Gasteiger partial charge in [-0.2, -0.15) is 4.99 Å². The summed E-state index contributed by atoms with van der Waals surface area (Å²) < 4.78 is 6.57. The van der Waals surface area contributed by atoms with Gasteiger partial charge in [0, 0.05) is 56.5 Å². The first-order valence-corrected chi connectivity index (χ1v) is 20.8. The van der Waals surface area contributed by atoms with E-state index in [-0.39, 0.29) is 0 Å². The Kier molecular flexibility index (Phi) is 10.6. The highest BCUT2D eigenvalue weighted by Crippen LogP contribution is 2.40. The lowest BCUT2D eigenvalue weighted by Gasteiger charge is -2.25. The summed E-state index contributed by atoms with van der Waals surface area (Å²) in [6.45, 7) is 0. The van der Waals surface area contributed by atoms with Gasteiger partial charge in [0.05, 0.1) is 0 Å². The SMILES string of the molecule is c1ccc(-c2co/c(=N\c3[nH]c(-c4ccccc4)cc3-c3ccc(N(c4ccccc4)c4ccccc4)cc3)c(-c3ccc(N(c4ccccc4)c4ccccc4)cc3)c2)cc1. The van der Waals surface area contributed by atoms with Crippen LogP contribution in [0.25, 0.3) is 44.6 Å². The molecule has 0 atom stereocenters. The lowest BCUT2D eigenvalue weighted by Crippen LogP contribution is -2.10. The van der Waals surface area contributed by atoms with Gasteiger partial charge in [-0.1, -0.05) is 158 Å². The zero-order valence-electron chi connectivity index (χ0n) is 33.9. The van der Waals surface area contributed by atoms with Gasteiger partial charge in [0.2, 0.25) is 5.55 Å². The first kappa shape index (κ1) is 37.8. The predicted molar refractivity (Wildman–Crippen MR) is 256 cm³/mol. The number of rotatable bonds is 11. The monoisotopic (exact) mass is 798 g/mol. The molecule has 10 rings (SSSR count). The number of aromatic amines is 1. The lowest BCUT2D eigenvalue weighted by molar-refractivity contribution is 0.500. The second-order valence-electron chi connectivity index (χ2n) is 15.0. The van der Waals surface area contributed by atoms with Gasteiger partial charge < -0.3 is 19.2 Å². The number of benzene rings is 8. The fourth-order valence-corrected chi connectivity index (χ4v) is 7.92. The average molecular weight is 799 g/mol. The molecule has 0 saturated heterocycles. The Bertz CT molecular complexity index is 3000. The van der Waals surface area contributed by atoms with Crippen molar-refractivity contribution in [2.24, 2.45) is 4.99 Å². The lowest BCUT2D eigenvalue weighted by atomic mass is 10.0. The second-order valence-corrected chi connectivity index (χ2v) is 15.0. The minimum atomic E-state index is 0.499. The van der Waals surface area contributed by atoms with E-state index < -0.39 is 0 Å². The smallest absolute Gasteiger partial charge is 0.228 e. The van der Waals surface area contributed by atoms with E-state index in [0.29, 0.717) is 11.4 Å². The van der Waals surface area contributed by atoms with Gasteiger partial charge in [0.1, 0.15) is 12.1 Å². The summed E-state index contributed by atoms with van der Waals surface area (Å²) in [7, 11) is 0. The molecule has 5 nitrogen and oxygen atoms in total. The molecule has 0 amide bonds. The van der Waals surface area contributed by atoms with Crippen LogP contribution in [0.4, 0.5) is 39.9 Å². The van der Waals surface area contributed by atoms with Crippen molar-refractivity contribution < 1.29 is 4.42 Å². The first-order valence-electron chi connectivity index (χ1n) is 20.8. The van der Waals surface area contributed by atoms with Crippen molar-refractivity contribution in [3.8, 4) is 44.6 Å². The number of hydrogen-bond donors (Lipinski definition) is 1. The highest BCUT2D eigenvalue weighted by atomic mass is 16.3. The molecule has 5 heteroatoms. The number of anilines is 6. The van der Waals surface area contributed by atoms with E-state index >= 15 is 0 Å². The maximum atomic E-state index is 6.57. The van der Waals surface area contributed by atoms with Crippen molar-refractivity contribution in [3.05, 3.63) is 254 Å². The normalized spacial score (nSPS) is 11.3. The second kappa shape index (κ2) is 17.4. The Labute approximate surface area is 361 Å². The molecule has 0 aliphatic rings. The largest absolute Gasteiger partial charge is 0.445 e. The summed E-state index contributed by atoms with van der Waals surface area (Å²) in [5.41, 5.74) is 14.8. The fraction of sp³-hybridized carbons (Fsp3) is 0. The summed E-state index contributed by atoms with van der Waals surface area (Å²) in [5, 5.41) is 0. The molecule has 0 aliphatic carbocycles. The van der Waals surface area contributed by atoms with Crippen molar-refractivity contribution in [1.29, 1.82) is 0 Å². The third-order valence-corrected chi connectivity index (χ3v) is 11.0. The molecule has 8 aromatic carbocycles. The predicted octanol–water partition coefficient (Wildman–Crippen LogP) is 15.4. The van der Waals surface area contributed by atoms with Gasteiger partial charge in [0.25, 0.3) is 0 Å². The van der Waals surface area contributed by atoms with Crippen molar-refractivity contribution in [2.75, 3.05) is 9.80 Å². The molecule has 1 N–H and O–H groups in total. The molecular formula is C57H42N4O. The van der Waals surface area contributed by atoms with E-state index in [9.17, 15) is 0 Å². The summed E-state index contributed by atoms with van der Waals surface area (Å²) in [6, 6.07) is 84.2. The number of H-pyrrole nitrogens is 1. The van der Waals surface area contributed by atoms with Gasteiger partial charge in [-0.15, -0.1) is 0 Å². The molecule has 0 unspecified atom stereocenters. The van der Waals surface area contributed by atoms with E-state index in [1.807, 2.05) is 48.5 Å². The highest BCUT2D eigenvalue weighted by Gasteiger charge is 2.17. The summed E-state index contributed by atoms with van der Waals surface area (Å²) in [6.07, 6.45) is 1.80. The number of aromatic nitrogens is 1. The highest BCUT2D eigenvalue weighted by molar-refractivity contribution is 5.84. The Morgan fingerprint density at radius 1 is 0.323 bits per heavy atom. The number of para-hydroxylation sites is 4. The zero-order valence-corrected chi connectivity index (χ0v) is 33.9. The molecule has 2 aromatic heterocycles. The van der Waals surface area contributed by atoms with Crippen LogP contribution in [0.5, 0.6) is 0 Å². The molecule has 0 aliphatic heterocycles. The molecular weight excluding hydrogens is 757 g/mol. The van der Waals surface area contributed by atoms with Crippen molar-refractivity contribution in [3.63, 3.8) is 0 Å². The summed E-state index contributed by atoms with van der Waals surface area (Å²) >= 11 is 0. The van der Waals surface area contributed by atoms with Crippen LogP contribution in [0, 0.1) is 0 Å². The average Bonchev–Trinajstić information content (AvgIpc) is 3.78. The number of nitrogens with one attached hydrogen (secondary N) is 1. The third-order valence-electron chi connectivity index (χ3n) is 11.0. The minimum absolute atomic E-state index is 0.499. The van der Waals surface area contributed by atoms with Gasteiger partial charge in [-0.05, 0) is 107 Å². The molecule has 0 fully saturated rings. The minimum Gasteiger partial charge on any atom is -0.445 e.